The Bertz CT molecular complexity index is 450. The number of nitrogens with zero attached hydrogens (tertiary/aromatic N) is 2. The van der Waals surface area contributed by atoms with Crippen LogP contribution in [0.3, 0.4) is 0 Å². The monoisotopic (exact) mass is 284 g/mol. The number of hydrogen-bond acceptors (Lipinski definition) is 6. The van der Waals surface area contributed by atoms with Gasteiger partial charge in [0, 0.05) is 17.3 Å². The summed E-state index contributed by atoms with van der Waals surface area (Å²) in [6, 6.07) is -1.74. The lowest BCUT2D eigenvalue weighted by atomic mass is 9.82. The van der Waals surface area contributed by atoms with E-state index >= 15 is 0 Å². The van der Waals surface area contributed by atoms with Gasteiger partial charge in [-0.15, -0.1) is 0 Å². The largest absolute Gasteiger partial charge is 0.464 e. The van der Waals surface area contributed by atoms with Crippen molar-refractivity contribution in [1.82, 2.24) is 0 Å². The normalized spacial score (nSPS) is 35.9. The molecule has 2 aliphatic carbocycles. The summed E-state index contributed by atoms with van der Waals surface area (Å²) in [5.74, 6) is -0.563. The SMILES string of the molecule is CCOC(=O)[C@H](C)N=C1[C@H]2CCC[C@]1(O)[C@@H]([N+](=O)[O-])C2. The second kappa shape index (κ2) is 5.47. The van der Waals surface area contributed by atoms with E-state index in [2.05, 4.69) is 4.99 Å². The van der Waals surface area contributed by atoms with Crippen LogP contribution in [0.25, 0.3) is 0 Å². The van der Waals surface area contributed by atoms with Crippen LogP contribution >= 0.6 is 0 Å². The highest BCUT2D eigenvalue weighted by molar-refractivity contribution is 5.99. The molecule has 0 saturated heterocycles. The van der Waals surface area contributed by atoms with Crippen LogP contribution in [-0.4, -0.2) is 46.0 Å². The number of rotatable bonds is 4. The predicted molar refractivity (Wildman–Crippen MR) is 71.2 cm³/mol. The van der Waals surface area contributed by atoms with E-state index in [9.17, 15) is 20.0 Å². The van der Waals surface area contributed by atoms with Crippen molar-refractivity contribution in [3.63, 3.8) is 0 Å². The second-order valence-corrected chi connectivity index (χ2v) is 5.49. The summed E-state index contributed by atoms with van der Waals surface area (Å²) in [5.41, 5.74) is -1.07. The lowest BCUT2D eigenvalue weighted by molar-refractivity contribution is -0.538. The Labute approximate surface area is 117 Å². The smallest absolute Gasteiger partial charge is 0.330 e. The minimum atomic E-state index is -1.49. The number of ether oxygens (including phenoxy) is 1. The predicted octanol–water partition coefficient (Wildman–Crippen LogP) is 0.959. The molecule has 0 amide bonds. The first kappa shape index (κ1) is 14.9. The van der Waals surface area contributed by atoms with E-state index in [1.165, 1.54) is 0 Å². The molecular weight excluding hydrogens is 264 g/mol. The van der Waals surface area contributed by atoms with E-state index in [1.54, 1.807) is 13.8 Å². The Balaban J connectivity index is 2.27. The van der Waals surface area contributed by atoms with E-state index in [4.69, 9.17) is 4.74 Å². The summed E-state index contributed by atoms with van der Waals surface area (Å²) >= 11 is 0. The van der Waals surface area contributed by atoms with E-state index in [1.807, 2.05) is 0 Å². The Hall–Kier alpha value is -1.50. The lowest BCUT2D eigenvalue weighted by Gasteiger charge is -2.30. The van der Waals surface area contributed by atoms with E-state index < -0.39 is 28.6 Å². The molecule has 0 unspecified atom stereocenters. The van der Waals surface area contributed by atoms with E-state index in [-0.39, 0.29) is 12.5 Å². The molecule has 7 nitrogen and oxygen atoms in total. The van der Waals surface area contributed by atoms with Gasteiger partial charge in [0.05, 0.1) is 12.3 Å². The number of aliphatic hydroxyl groups is 1. The van der Waals surface area contributed by atoms with Crippen LogP contribution in [0.4, 0.5) is 0 Å². The zero-order chi connectivity index (χ0) is 14.9. The van der Waals surface area contributed by atoms with Crippen LogP contribution in [-0.2, 0) is 9.53 Å². The van der Waals surface area contributed by atoms with Crippen molar-refractivity contribution in [2.75, 3.05) is 6.61 Å². The fourth-order valence-electron chi connectivity index (χ4n) is 3.27. The van der Waals surface area contributed by atoms with E-state index in [0.717, 1.165) is 12.8 Å². The van der Waals surface area contributed by atoms with Gasteiger partial charge in [0.15, 0.2) is 5.60 Å². The fraction of sp³-hybridized carbons (Fsp3) is 0.846. The molecule has 0 aromatic carbocycles. The maximum Gasteiger partial charge on any atom is 0.330 e. The Morgan fingerprint density at radius 3 is 3.00 bits per heavy atom. The van der Waals surface area contributed by atoms with Gasteiger partial charge in [0.2, 0.25) is 6.04 Å². The minimum Gasteiger partial charge on any atom is -0.464 e. The summed E-state index contributed by atoms with van der Waals surface area (Å²) in [5, 5.41) is 21.8. The molecule has 0 aliphatic heterocycles. The average molecular weight is 284 g/mol. The number of hydrogen-bond donors (Lipinski definition) is 1. The zero-order valence-electron chi connectivity index (χ0n) is 11.7. The van der Waals surface area contributed by atoms with Gasteiger partial charge in [-0.1, -0.05) is 0 Å². The highest BCUT2D eigenvalue weighted by Crippen LogP contribution is 2.44. The molecule has 0 spiro atoms. The minimum absolute atomic E-state index is 0.0963. The van der Waals surface area contributed by atoms with Crippen molar-refractivity contribution in [3.05, 3.63) is 10.1 Å². The number of fused-ring (bicyclic) bond motifs is 2. The van der Waals surface area contributed by atoms with Crippen LogP contribution in [0.5, 0.6) is 0 Å². The molecule has 0 aromatic rings. The van der Waals surface area contributed by atoms with E-state index in [0.29, 0.717) is 18.6 Å². The zero-order valence-corrected chi connectivity index (χ0v) is 11.7. The Morgan fingerprint density at radius 1 is 1.70 bits per heavy atom. The molecule has 0 heterocycles. The lowest BCUT2D eigenvalue weighted by Crippen LogP contribution is -2.49. The maximum absolute atomic E-state index is 11.6. The van der Waals surface area contributed by atoms with Gasteiger partial charge in [0.1, 0.15) is 6.04 Å². The summed E-state index contributed by atoms with van der Waals surface area (Å²) in [6.45, 7) is 3.56. The van der Waals surface area contributed by atoms with Crippen LogP contribution in [0.15, 0.2) is 4.99 Å². The molecule has 2 fully saturated rings. The van der Waals surface area contributed by atoms with Crippen LogP contribution in [0, 0.1) is 16.0 Å². The maximum atomic E-state index is 11.6. The summed E-state index contributed by atoms with van der Waals surface area (Å²) in [6.07, 6.45) is 2.17. The van der Waals surface area contributed by atoms with Gasteiger partial charge in [-0.3, -0.25) is 15.1 Å². The van der Waals surface area contributed by atoms with Crippen molar-refractivity contribution >= 4 is 11.7 Å². The molecule has 2 rings (SSSR count). The molecule has 1 N–H and O–H groups in total. The second-order valence-electron chi connectivity index (χ2n) is 5.49. The molecular formula is C13H20N2O5. The van der Waals surface area contributed by atoms with Crippen LogP contribution < -0.4 is 0 Å². The summed E-state index contributed by atoms with van der Waals surface area (Å²) < 4.78 is 4.88. The van der Waals surface area contributed by atoms with Gasteiger partial charge in [0.25, 0.3) is 0 Å². The number of carbonyl (C=O) groups excluding carboxylic acids is 1. The molecule has 0 radical (unpaired) electrons. The first-order chi connectivity index (χ1) is 9.40. The van der Waals surface area contributed by atoms with Crippen molar-refractivity contribution in [1.29, 1.82) is 0 Å². The third kappa shape index (κ3) is 2.42. The van der Waals surface area contributed by atoms with Crippen molar-refractivity contribution in [3.8, 4) is 0 Å². The van der Waals surface area contributed by atoms with Gasteiger partial charge in [-0.05, 0) is 33.1 Å². The molecule has 112 valence electrons. The third-order valence-corrected chi connectivity index (χ3v) is 4.21. The molecule has 2 bridgehead atoms. The Kier molecular flexibility index (Phi) is 4.08. The van der Waals surface area contributed by atoms with Gasteiger partial charge in [-0.25, -0.2) is 4.79 Å². The number of carbonyl (C=O) groups is 1. The fourth-order valence-corrected chi connectivity index (χ4v) is 3.27. The molecule has 20 heavy (non-hydrogen) atoms. The van der Waals surface area contributed by atoms with Crippen molar-refractivity contribution in [2.45, 2.75) is 57.2 Å². The topological polar surface area (TPSA) is 102 Å². The highest BCUT2D eigenvalue weighted by atomic mass is 16.6. The number of esters is 1. The summed E-state index contributed by atoms with van der Waals surface area (Å²) in [7, 11) is 0. The molecule has 7 heteroatoms. The summed E-state index contributed by atoms with van der Waals surface area (Å²) in [4.78, 5) is 26.6. The number of nitro groups is 1. The van der Waals surface area contributed by atoms with Crippen LogP contribution in [0.2, 0.25) is 0 Å². The van der Waals surface area contributed by atoms with Crippen molar-refractivity contribution < 1.29 is 19.6 Å². The highest BCUT2D eigenvalue weighted by Gasteiger charge is 2.60. The van der Waals surface area contributed by atoms with Gasteiger partial charge >= 0.3 is 5.97 Å². The van der Waals surface area contributed by atoms with Crippen molar-refractivity contribution in [2.24, 2.45) is 10.9 Å². The third-order valence-electron chi connectivity index (χ3n) is 4.21. The molecule has 4 atom stereocenters. The average Bonchev–Trinajstić information content (AvgIpc) is 2.55. The van der Waals surface area contributed by atoms with Crippen LogP contribution in [0.1, 0.15) is 39.5 Å². The standard InChI is InChI=1S/C13H20N2O5/c1-3-20-12(16)8(2)14-11-9-5-4-6-13(11,17)10(7-9)15(18)19/h8-10,17H,3-7H2,1-2H3/t8-,9-,10-,13-/m0/s1. The molecule has 2 saturated carbocycles. The quantitative estimate of drug-likeness (QED) is 0.470. The van der Waals surface area contributed by atoms with Gasteiger partial charge < -0.3 is 9.84 Å². The molecule has 0 aromatic heterocycles. The van der Waals surface area contributed by atoms with Gasteiger partial charge in [-0.2, -0.15) is 0 Å². The Morgan fingerprint density at radius 2 is 2.40 bits per heavy atom. The number of aliphatic imine (C=N–C) groups is 1. The molecule has 2 aliphatic rings. The first-order valence-corrected chi connectivity index (χ1v) is 7.00. The first-order valence-electron chi connectivity index (χ1n) is 7.00.